The van der Waals surface area contributed by atoms with Gasteiger partial charge >= 0.3 is 21.1 Å². The average molecular weight is 756 g/mol. The monoisotopic (exact) mass is 755 g/mol. The molecule has 6 heteroatoms. The van der Waals surface area contributed by atoms with Gasteiger partial charge in [0.15, 0.2) is 0 Å². The number of benzene rings is 4. The van der Waals surface area contributed by atoms with Crippen molar-refractivity contribution in [3.8, 4) is 34.1 Å². The van der Waals surface area contributed by atoms with Crippen molar-refractivity contribution in [2.75, 3.05) is 0 Å². The Morgan fingerprint density at radius 1 is 0.795 bits per heavy atom. The summed E-state index contributed by atoms with van der Waals surface area (Å²) in [5, 5.41) is 6.93. The van der Waals surface area contributed by atoms with Gasteiger partial charge in [-0.25, -0.2) is 4.98 Å². The number of pyridine rings is 1. The average Bonchev–Trinajstić information content (AvgIpc) is 3.60. The van der Waals surface area contributed by atoms with Gasteiger partial charge in [0.1, 0.15) is 5.82 Å². The van der Waals surface area contributed by atoms with Crippen LogP contribution in [0.5, 0.6) is 11.5 Å². The van der Waals surface area contributed by atoms with Crippen molar-refractivity contribution in [3.63, 3.8) is 0 Å². The van der Waals surface area contributed by atoms with E-state index in [4.69, 9.17) is 4.74 Å². The first-order valence-corrected chi connectivity index (χ1v) is 14.6. The van der Waals surface area contributed by atoms with Gasteiger partial charge < -0.3 is 9.30 Å². The third-order valence-corrected chi connectivity index (χ3v) is 8.00. The standard InChI is InChI=1S/C38H32N4O.Pt/c1-24(2)28-18-26(4)38(27(5)19-28)29-22-40-41(23-29)30-9-8-10-31(20-30)43-32-13-14-34-33-11-6-7-12-35(33)42(36(34)21-32)37-17-25(3)15-16-39-37;/h6-19,22-24H,1-5H3;/q-2;+2. The molecule has 220 valence electrons. The molecule has 7 aromatic rings. The molecule has 0 saturated heterocycles. The first-order chi connectivity index (χ1) is 20.9. The zero-order valence-corrected chi connectivity index (χ0v) is 27.6. The van der Waals surface area contributed by atoms with Crippen molar-refractivity contribution < 1.29 is 25.8 Å². The fraction of sp³-hybridized carbons (Fsp3) is 0.158. The number of fused-ring (bicyclic) bond motifs is 3. The number of hydrogen-bond donors (Lipinski definition) is 0. The van der Waals surface area contributed by atoms with Crippen LogP contribution in [0.1, 0.15) is 42.0 Å². The molecule has 0 bridgehead atoms. The molecule has 0 aliphatic heterocycles. The maximum Gasteiger partial charge on any atom is 2.00 e. The van der Waals surface area contributed by atoms with Gasteiger partial charge in [0.25, 0.3) is 0 Å². The number of para-hydroxylation sites is 1. The first-order valence-electron chi connectivity index (χ1n) is 14.6. The van der Waals surface area contributed by atoms with Crippen molar-refractivity contribution in [1.82, 2.24) is 19.3 Å². The molecule has 0 aliphatic carbocycles. The third kappa shape index (κ3) is 5.37. The molecule has 4 aromatic carbocycles. The number of hydrogen-bond acceptors (Lipinski definition) is 3. The predicted molar refractivity (Wildman–Crippen MR) is 174 cm³/mol. The fourth-order valence-corrected chi connectivity index (χ4v) is 5.93. The van der Waals surface area contributed by atoms with Gasteiger partial charge in [-0.3, -0.25) is 4.68 Å². The maximum atomic E-state index is 6.34. The predicted octanol–water partition coefficient (Wildman–Crippen LogP) is 9.47. The number of aryl methyl sites for hydroxylation is 3. The first kappa shape index (κ1) is 29.6. The minimum absolute atomic E-state index is 0. The van der Waals surface area contributed by atoms with Gasteiger partial charge in [-0.2, -0.15) is 17.2 Å². The molecule has 44 heavy (non-hydrogen) atoms. The van der Waals surface area contributed by atoms with Gasteiger partial charge in [-0.1, -0.05) is 49.7 Å². The number of nitrogens with zero attached hydrogens (tertiary/aromatic N) is 4. The molecule has 0 saturated carbocycles. The minimum Gasteiger partial charge on any atom is -0.509 e. The zero-order valence-electron chi connectivity index (χ0n) is 25.3. The van der Waals surface area contributed by atoms with Crippen LogP contribution in [-0.4, -0.2) is 19.3 Å². The summed E-state index contributed by atoms with van der Waals surface area (Å²) in [6.45, 7) is 10.9. The molecule has 3 heterocycles. The van der Waals surface area contributed by atoms with Crippen LogP contribution >= 0.6 is 0 Å². The van der Waals surface area contributed by atoms with Crippen LogP contribution in [0.3, 0.4) is 0 Å². The van der Waals surface area contributed by atoms with Crippen molar-refractivity contribution in [2.45, 2.75) is 40.5 Å². The van der Waals surface area contributed by atoms with E-state index >= 15 is 0 Å². The number of aromatic nitrogens is 4. The molecule has 5 nitrogen and oxygen atoms in total. The van der Waals surface area contributed by atoms with E-state index in [1.54, 1.807) is 0 Å². The van der Waals surface area contributed by atoms with E-state index in [0.717, 1.165) is 44.4 Å². The van der Waals surface area contributed by atoms with E-state index in [1.165, 1.54) is 22.3 Å². The second-order valence-electron chi connectivity index (χ2n) is 11.5. The summed E-state index contributed by atoms with van der Waals surface area (Å²) in [5.41, 5.74) is 10.1. The Hall–Kier alpha value is -4.47. The molecule has 3 aromatic heterocycles. The van der Waals surface area contributed by atoms with E-state index in [0.29, 0.717) is 17.4 Å². The summed E-state index contributed by atoms with van der Waals surface area (Å²) < 4.78 is 10.3. The smallest absolute Gasteiger partial charge is 0.509 e. The fourth-order valence-electron chi connectivity index (χ4n) is 5.93. The Kier molecular flexibility index (Phi) is 8.00. The molecule has 0 fully saturated rings. The van der Waals surface area contributed by atoms with Crippen molar-refractivity contribution in [1.29, 1.82) is 0 Å². The van der Waals surface area contributed by atoms with Gasteiger partial charge in [0.05, 0.1) is 6.20 Å². The van der Waals surface area contributed by atoms with Gasteiger partial charge in [0.2, 0.25) is 0 Å². The van der Waals surface area contributed by atoms with Gasteiger partial charge in [-0.15, -0.1) is 35.7 Å². The summed E-state index contributed by atoms with van der Waals surface area (Å²) in [6, 6.07) is 33.8. The topological polar surface area (TPSA) is 44.9 Å². The van der Waals surface area contributed by atoms with Crippen LogP contribution in [0.2, 0.25) is 0 Å². The van der Waals surface area contributed by atoms with E-state index in [1.807, 2.05) is 47.4 Å². The molecule has 0 amide bonds. The van der Waals surface area contributed by atoms with Crippen LogP contribution in [-0.2, 0) is 21.1 Å². The maximum absolute atomic E-state index is 6.34. The van der Waals surface area contributed by atoms with Crippen LogP contribution in [0.4, 0.5) is 0 Å². The van der Waals surface area contributed by atoms with E-state index in [9.17, 15) is 0 Å². The second kappa shape index (κ2) is 11.9. The number of ether oxygens (including phenoxy) is 1. The summed E-state index contributed by atoms with van der Waals surface area (Å²) in [7, 11) is 0. The molecule has 0 aliphatic rings. The van der Waals surface area contributed by atoms with Gasteiger partial charge in [0, 0.05) is 35.0 Å². The van der Waals surface area contributed by atoms with Gasteiger partial charge in [-0.05, 0) is 83.8 Å². The van der Waals surface area contributed by atoms with Crippen molar-refractivity contribution in [2.24, 2.45) is 0 Å². The second-order valence-corrected chi connectivity index (χ2v) is 11.5. The molecule has 0 unspecified atom stereocenters. The third-order valence-electron chi connectivity index (χ3n) is 8.00. The Morgan fingerprint density at radius 3 is 2.34 bits per heavy atom. The molecule has 0 spiro atoms. The SMILES string of the molecule is Cc1ccnc(-n2c3[c-]c(Oc4[c-]c(-n5cc(-c6c(C)cc(C(C)C)cc6C)cn5)ccc4)ccc3c3ccccc32)c1.[Pt+2]. The van der Waals surface area contributed by atoms with E-state index < -0.39 is 0 Å². The largest absolute Gasteiger partial charge is 2.00 e. The summed E-state index contributed by atoms with van der Waals surface area (Å²) >= 11 is 0. The molecule has 7 rings (SSSR count). The zero-order chi connectivity index (χ0) is 29.7. The Morgan fingerprint density at radius 2 is 1.57 bits per heavy atom. The van der Waals surface area contributed by atoms with Crippen molar-refractivity contribution in [3.05, 3.63) is 132 Å². The molecular formula is C38H32N4OPt. The molecular weight excluding hydrogens is 724 g/mol. The van der Waals surface area contributed by atoms with Crippen LogP contribution in [0.25, 0.3) is 44.4 Å². The van der Waals surface area contributed by atoms with E-state index in [-0.39, 0.29) is 21.1 Å². The van der Waals surface area contributed by atoms with Crippen LogP contribution < -0.4 is 4.74 Å². The molecule has 0 radical (unpaired) electrons. The molecule has 0 N–H and O–H groups in total. The normalized spacial score (nSPS) is 11.3. The summed E-state index contributed by atoms with van der Waals surface area (Å²) in [6.07, 6.45) is 5.83. The minimum atomic E-state index is 0. The summed E-state index contributed by atoms with van der Waals surface area (Å²) in [5.74, 6) is 2.55. The van der Waals surface area contributed by atoms with E-state index in [2.05, 4.69) is 116 Å². The Balaban J connectivity index is 0.00000343. The number of rotatable bonds is 6. The van der Waals surface area contributed by atoms with Crippen LogP contribution in [0, 0.1) is 32.9 Å². The van der Waals surface area contributed by atoms with Crippen LogP contribution in [0.15, 0.2) is 97.5 Å². The Labute approximate surface area is 272 Å². The molecule has 0 atom stereocenters. The Bertz CT molecular complexity index is 2120. The summed E-state index contributed by atoms with van der Waals surface area (Å²) in [4.78, 5) is 4.67. The van der Waals surface area contributed by atoms with Crippen molar-refractivity contribution >= 4 is 21.8 Å². The quantitative estimate of drug-likeness (QED) is 0.159.